The van der Waals surface area contributed by atoms with Crippen LogP contribution >= 0.6 is 0 Å². The first-order valence-corrected chi connectivity index (χ1v) is 8.47. The Bertz CT molecular complexity index is 783. The summed E-state index contributed by atoms with van der Waals surface area (Å²) in [7, 11) is 0. The fraction of sp³-hybridized carbons (Fsp3) is 0.444. The summed E-state index contributed by atoms with van der Waals surface area (Å²) >= 11 is 0. The van der Waals surface area contributed by atoms with Gasteiger partial charge in [0, 0.05) is 30.9 Å². The third-order valence-corrected chi connectivity index (χ3v) is 4.45. The number of anilines is 1. The highest BCUT2D eigenvalue weighted by Gasteiger charge is 2.26. The average Bonchev–Trinajstić information content (AvgIpc) is 3.04. The van der Waals surface area contributed by atoms with Crippen molar-refractivity contribution in [2.75, 3.05) is 24.6 Å². The number of piperidine rings is 1. The number of pyridine rings is 1. The number of aromatic amines is 1. The zero-order valence-corrected chi connectivity index (χ0v) is 14.5. The molecule has 0 radical (unpaired) electrons. The number of H-pyrrole nitrogens is 1. The number of aromatic nitrogens is 3. The number of ether oxygens (including phenoxy) is 1. The predicted molar refractivity (Wildman–Crippen MR) is 92.4 cm³/mol. The monoisotopic (exact) mass is 339 g/mol. The normalized spacial score (nSPS) is 15.0. The van der Waals surface area contributed by atoms with E-state index in [9.17, 15) is 4.79 Å². The molecule has 1 fully saturated rings. The summed E-state index contributed by atoms with van der Waals surface area (Å²) in [6.45, 7) is 5.69. The molecule has 0 unspecified atom stereocenters. The SMILES string of the molecule is CCOC(=O)c1nc(C2CCN(c3ccc(C#N)cn3)CC2)[nH]c1C. The largest absolute Gasteiger partial charge is 0.461 e. The molecule has 1 aliphatic heterocycles. The second-order valence-corrected chi connectivity index (χ2v) is 6.09. The Morgan fingerprint density at radius 3 is 2.80 bits per heavy atom. The second kappa shape index (κ2) is 7.34. The number of carbonyl (C=O) groups excluding carboxylic acids is 1. The minimum absolute atomic E-state index is 0.288. The highest BCUT2D eigenvalue weighted by molar-refractivity contribution is 5.88. The lowest BCUT2D eigenvalue weighted by Crippen LogP contribution is -2.33. The summed E-state index contributed by atoms with van der Waals surface area (Å²) in [6.07, 6.45) is 3.46. The first kappa shape index (κ1) is 17.0. The molecule has 0 bridgehead atoms. The number of carbonyl (C=O) groups is 1. The van der Waals surface area contributed by atoms with Crippen LogP contribution in [-0.4, -0.2) is 40.6 Å². The van der Waals surface area contributed by atoms with Crippen LogP contribution in [0.25, 0.3) is 0 Å². The fourth-order valence-electron chi connectivity index (χ4n) is 3.10. The molecule has 1 aliphatic rings. The number of nitrogens with one attached hydrogen (secondary N) is 1. The molecule has 1 N–H and O–H groups in total. The molecule has 2 aromatic rings. The van der Waals surface area contributed by atoms with Gasteiger partial charge in [0.05, 0.1) is 12.2 Å². The number of nitriles is 1. The summed E-state index contributed by atoms with van der Waals surface area (Å²) in [6, 6.07) is 5.75. The van der Waals surface area contributed by atoms with E-state index in [1.165, 1.54) is 0 Å². The average molecular weight is 339 g/mol. The van der Waals surface area contributed by atoms with Gasteiger partial charge in [0.2, 0.25) is 0 Å². The molecule has 2 aromatic heterocycles. The number of hydrogen-bond donors (Lipinski definition) is 1. The number of esters is 1. The molecule has 3 rings (SSSR count). The summed E-state index contributed by atoms with van der Waals surface area (Å²) in [5.41, 5.74) is 1.70. The second-order valence-electron chi connectivity index (χ2n) is 6.09. The molecule has 7 nitrogen and oxygen atoms in total. The van der Waals surface area contributed by atoms with Gasteiger partial charge in [-0.25, -0.2) is 14.8 Å². The van der Waals surface area contributed by atoms with Gasteiger partial charge in [0.25, 0.3) is 0 Å². The molecule has 0 spiro atoms. The summed E-state index contributed by atoms with van der Waals surface area (Å²) in [5.74, 6) is 1.66. The van der Waals surface area contributed by atoms with E-state index in [-0.39, 0.29) is 11.9 Å². The van der Waals surface area contributed by atoms with Crippen molar-refractivity contribution >= 4 is 11.8 Å². The van der Waals surface area contributed by atoms with E-state index in [0.717, 1.165) is 43.3 Å². The molecule has 0 amide bonds. The van der Waals surface area contributed by atoms with Crippen molar-refractivity contribution in [2.45, 2.75) is 32.6 Å². The van der Waals surface area contributed by atoms with Crippen molar-refractivity contribution in [3.8, 4) is 6.07 Å². The Labute approximate surface area is 146 Å². The zero-order valence-electron chi connectivity index (χ0n) is 14.5. The van der Waals surface area contributed by atoms with Gasteiger partial charge in [0.1, 0.15) is 17.7 Å². The van der Waals surface area contributed by atoms with Crippen molar-refractivity contribution in [2.24, 2.45) is 0 Å². The Balaban J connectivity index is 1.65. The van der Waals surface area contributed by atoms with Gasteiger partial charge in [-0.05, 0) is 38.8 Å². The Morgan fingerprint density at radius 2 is 2.20 bits per heavy atom. The van der Waals surface area contributed by atoms with Crippen LogP contribution in [0.4, 0.5) is 5.82 Å². The van der Waals surface area contributed by atoms with Gasteiger partial charge in [0.15, 0.2) is 5.69 Å². The maximum atomic E-state index is 11.9. The van der Waals surface area contributed by atoms with Crippen LogP contribution in [-0.2, 0) is 4.74 Å². The highest BCUT2D eigenvalue weighted by Crippen LogP contribution is 2.29. The first-order valence-electron chi connectivity index (χ1n) is 8.47. The molecule has 25 heavy (non-hydrogen) atoms. The summed E-state index contributed by atoms with van der Waals surface area (Å²) in [5, 5.41) is 8.85. The molecule has 0 aliphatic carbocycles. The molecule has 1 saturated heterocycles. The van der Waals surface area contributed by atoms with Gasteiger partial charge >= 0.3 is 5.97 Å². The molecule has 130 valence electrons. The van der Waals surface area contributed by atoms with Crippen LogP contribution < -0.4 is 4.90 Å². The smallest absolute Gasteiger partial charge is 0.358 e. The van der Waals surface area contributed by atoms with E-state index in [0.29, 0.717) is 17.9 Å². The molecular weight excluding hydrogens is 318 g/mol. The summed E-state index contributed by atoms with van der Waals surface area (Å²) in [4.78, 5) is 26.2. The number of aryl methyl sites for hydroxylation is 1. The Hall–Kier alpha value is -2.88. The van der Waals surface area contributed by atoms with E-state index in [4.69, 9.17) is 10.00 Å². The highest BCUT2D eigenvalue weighted by atomic mass is 16.5. The van der Waals surface area contributed by atoms with E-state index >= 15 is 0 Å². The molecule has 0 aromatic carbocycles. The maximum absolute atomic E-state index is 11.9. The quantitative estimate of drug-likeness (QED) is 0.860. The third kappa shape index (κ3) is 3.63. The van der Waals surface area contributed by atoms with Crippen molar-refractivity contribution < 1.29 is 9.53 Å². The maximum Gasteiger partial charge on any atom is 0.358 e. The topological polar surface area (TPSA) is 94.9 Å². The van der Waals surface area contributed by atoms with Crippen LogP contribution in [0.5, 0.6) is 0 Å². The van der Waals surface area contributed by atoms with Crippen LogP contribution in [0.1, 0.15) is 53.3 Å². The van der Waals surface area contributed by atoms with Crippen LogP contribution in [0, 0.1) is 18.3 Å². The molecule has 0 saturated carbocycles. The number of nitrogens with zero attached hydrogens (tertiary/aromatic N) is 4. The van der Waals surface area contributed by atoms with Gasteiger partial charge in [-0.2, -0.15) is 5.26 Å². The van der Waals surface area contributed by atoms with Crippen molar-refractivity contribution in [1.29, 1.82) is 5.26 Å². The Kier molecular flexibility index (Phi) is 4.98. The number of rotatable bonds is 4. The van der Waals surface area contributed by atoms with E-state index in [2.05, 4.69) is 25.9 Å². The van der Waals surface area contributed by atoms with Gasteiger partial charge < -0.3 is 14.6 Å². The van der Waals surface area contributed by atoms with Crippen LogP contribution in [0.2, 0.25) is 0 Å². The standard InChI is InChI=1S/C18H21N5O2/c1-3-25-18(24)16-12(2)21-17(22-16)14-6-8-23(9-7-14)15-5-4-13(10-19)11-20-15/h4-5,11,14H,3,6-9H2,1-2H3,(H,21,22). The fourth-order valence-corrected chi connectivity index (χ4v) is 3.10. The lowest BCUT2D eigenvalue weighted by molar-refractivity contribution is 0.0519. The van der Waals surface area contributed by atoms with Gasteiger partial charge in [-0.3, -0.25) is 0 Å². The summed E-state index contributed by atoms with van der Waals surface area (Å²) < 4.78 is 5.04. The zero-order chi connectivity index (χ0) is 17.8. The Morgan fingerprint density at radius 1 is 1.44 bits per heavy atom. The molecule has 0 atom stereocenters. The lowest BCUT2D eigenvalue weighted by Gasteiger charge is -2.32. The molecular formula is C18H21N5O2. The number of hydrogen-bond acceptors (Lipinski definition) is 6. The van der Waals surface area contributed by atoms with Crippen molar-refractivity contribution in [3.63, 3.8) is 0 Å². The van der Waals surface area contributed by atoms with Gasteiger partial charge in [-0.15, -0.1) is 0 Å². The van der Waals surface area contributed by atoms with E-state index in [1.807, 2.05) is 13.0 Å². The minimum atomic E-state index is -0.373. The first-order chi connectivity index (χ1) is 12.1. The molecule has 7 heteroatoms. The predicted octanol–water partition coefficient (Wildman–Crippen LogP) is 2.55. The third-order valence-electron chi connectivity index (χ3n) is 4.45. The van der Waals surface area contributed by atoms with Crippen LogP contribution in [0.15, 0.2) is 18.3 Å². The lowest BCUT2D eigenvalue weighted by atomic mass is 9.96. The van der Waals surface area contributed by atoms with Crippen molar-refractivity contribution in [1.82, 2.24) is 15.0 Å². The number of imidazole rings is 1. The van der Waals surface area contributed by atoms with E-state index in [1.54, 1.807) is 19.2 Å². The minimum Gasteiger partial charge on any atom is -0.461 e. The van der Waals surface area contributed by atoms with Crippen molar-refractivity contribution in [3.05, 3.63) is 41.1 Å². The van der Waals surface area contributed by atoms with Crippen LogP contribution in [0.3, 0.4) is 0 Å². The van der Waals surface area contributed by atoms with Gasteiger partial charge in [-0.1, -0.05) is 0 Å². The van der Waals surface area contributed by atoms with E-state index < -0.39 is 0 Å². The molecule has 3 heterocycles.